The Balaban J connectivity index is 2.30. The minimum atomic E-state index is -3.84. The van der Waals surface area contributed by atoms with Gasteiger partial charge in [-0.25, -0.2) is 8.42 Å². The van der Waals surface area contributed by atoms with E-state index in [0.717, 1.165) is 4.31 Å². The highest BCUT2D eigenvalue weighted by atomic mass is 32.2. The molecule has 0 bridgehead atoms. The minimum absolute atomic E-state index is 0.0468. The van der Waals surface area contributed by atoms with Gasteiger partial charge in [-0.15, -0.1) is 0 Å². The number of hydrogen-bond acceptors (Lipinski definition) is 4. The average molecular weight is 321 g/mol. The van der Waals surface area contributed by atoms with E-state index in [1.165, 1.54) is 12.1 Å². The number of nitrogens with zero attached hydrogens (tertiary/aromatic N) is 3. The lowest BCUT2D eigenvalue weighted by Gasteiger charge is -2.41. The quantitative estimate of drug-likeness (QED) is 0.819. The van der Waals surface area contributed by atoms with Gasteiger partial charge in [-0.3, -0.25) is 4.79 Å². The van der Waals surface area contributed by atoms with Gasteiger partial charge in [0.1, 0.15) is 6.07 Å². The van der Waals surface area contributed by atoms with Crippen molar-refractivity contribution in [2.45, 2.75) is 31.2 Å². The van der Waals surface area contributed by atoms with Crippen LogP contribution >= 0.6 is 0 Å². The number of amides is 1. The Labute approximate surface area is 131 Å². The summed E-state index contributed by atoms with van der Waals surface area (Å²) in [6.45, 7) is 6.13. The molecule has 2 rings (SSSR count). The van der Waals surface area contributed by atoms with Crippen LogP contribution in [0, 0.1) is 11.3 Å². The molecule has 0 radical (unpaired) electrons. The van der Waals surface area contributed by atoms with Gasteiger partial charge in [-0.2, -0.15) is 9.57 Å². The van der Waals surface area contributed by atoms with Crippen molar-refractivity contribution in [3.63, 3.8) is 0 Å². The molecule has 0 spiro atoms. The number of carbonyl (C=O) groups is 1. The Kier molecular flexibility index (Phi) is 4.27. The summed E-state index contributed by atoms with van der Waals surface area (Å²) in [4.78, 5) is 13.9. The zero-order chi connectivity index (χ0) is 16.5. The van der Waals surface area contributed by atoms with Crippen molar-refractivity contribution in [2.75, 3.05) is 19.6 Å². The number of sulfonamides is 1. The monoisotopic (exact) mass is 321 g/mol. The van der Waals surface area contributed by atoms with Crippen LogP contribution in [0.2, 0.25) is 0 Å². The molecule has 6 nitrogen and oxygen atoms in total. The van der Waals surface area contributed by atoms with Crippen LogP contribution in [0.4, 0.5) is 0 Å². The van der Waals surface area contributed by atoms with Crippen molar-refractivity contribution >= 4 is 15.9 Å². The fourth-order valence-electron chi connectivity index (χ4n) is 2.49. The molecule has 1 saturated heterocycles. The van der Waals surface area contributed by atoms with Crippen LogP contribution in [0.5, 0.6) is 0 Å². The molecule has 1 aliphatic rings. The van der Waals surface area contributed by atoms with Gasteiger partial charge in [0.2, 0.25) is 15.9 Å². The molecule has 0 aromatic heterocycles. The van der Waals surface area contributed by atoms with Crippen LogP contribution in [-0.4, -0.2) is 48.7 Å². The third-order valence-electron chi connectivity index (χ3n) is 3.62. The standard InChI is InChI=1S/C15H19N3O3S/c1-15(2,3)18-9-8-17(11-14(18)19)22(20,21)13-7-5-4-6-12(13)10-16/h4-7H,8-9,11H2,1-3H3. The second-order valence-electron chi connectivity index (χ2n) is 6.16. The van der Waals surface area contributed by atoms with E-state index in [2.05, 4.69) is 0 Å². The molecule has 1 fully saturated rings. The predicted molar refractivity (Wildman–Crippen MR) is 81.4 cm³/mol. The molecular formula is C15H19N3O3S. The van der Waals surface area contributed by atoms with Crippen LogP contribution in [-0.2, 0) is 14.8 Å². The number of benzene rings is 1. The van der Waals surface area contributed by atoms with E-state index < -0.39 is 10.0 Å². The first-order chi connectivity index (χ1) is 10.2. The molecule has 1 aromatic carbocycles. The summed E-state index contributed by atoms with van der Waals surface area (Å²) < 4.78 is 26.5. The zero-order valence-electron chi connectivity index (χ0n) is 12.9. The van der Waals surface area contributed by atoms with Crippen LogP contribution in [0.25, 0.3) is 0 Å². The molecule has 0 aliphatic carbocycles. The largest absolute Gasteiger partial charge is 0.335 e. The first kappa shape index (κ1) is 16.5. The molecule has 0 saturated carbocycles. The van der Waals surface area contributed by atoms with Crippen LogP contribution in [0.3, 0.4) is 0 Å². The third kappa shape index (κ3) is 2.98. The van der Waals surface area contributed by atoms with Gasteiger partial charge in [0.25, 0.3) is 0 Å². The van der Waals surface area contributed by atoms with E-state index in [9.17, 15) is 13.2 Å². The lowest BCUT2D eigenvalue weighted by atomic mass is 10.1. The van der Waals surface area contributed by atoms with Gasteiger partial charge in [0.05, 0.1) is 17.0 Å². The molecule has 0 atom stereocenters. The molecule has 22 heavy (non-hydrogen) atoms. The fraction of sp³-hybridized carbons (Fsp3) is 0.467. The highest BCUT2D eigenvalue weighted by Gasteiger charge is 2.37. The number of piperazine rings is 1. The molecule has 0 N–H and O–H groups in total. The van der Waals surface area contributed by atoms with Crippen molar-refractivity contribution in [1.82, 2.24) is 9.21 Å². The maximum atomic E-state index is 12.7. The Bertz CT molecular complexity index is 729. The first-order valence-electron chi connectivity index (χ1n) is 6.97. The number of carbonyl (C=O) groups excluding carboxylic acids is 1. The smallest absolute Gasteiger partial charge is 0.244 e. The molecule has 1 aliphatic heterocycles. The SMILES string of the molecule is CC(C)(C)N1CCN(S(=O)(=O)c2ccccc2C#N)CC1=O. The summed E-state index contributed by atoms with van der Waals surface area (Å²) >= 11 is 0. The first-order valence-corrected chi connectivity index (χ1v) is 8.41. The van der Waals surface area contributed by atoms with Crippen molar-refractivity contribution in [2.24, 2.45) is 0 Å². The van der Waals surface area contributed by atoms with Crippen molar-refractivity contribution in [1.29, 1.82) is 5.26 Å². The summed E-state index contributed by atoms with van der Waals surface area (Å²) in [5.74, 6) is -0.225. The Morgan fingerprint density at radius 1 is 1.18 bits per heavy atom. The summed E-state index contributed by atoms with van der Waals surface area (Å²) in [6, 6.07) is 7.92. The summed E-state index contributed by atoms with van der Waals surface area (Å²) in [7, 11) is -3.84. The van der Waals surface area contributed by atoms with Crippen LogP contribution < -0.4 is 0 Å². The summed E-state index contributed by atoms with van der Waals surface area (Å²) in [5, 5.41) is 9.07. The molecule has 1 heterocycles. The van der Waals surface area contributed by atoms with Gasteiger partial charge in [0.15, 0.2) is 0 Å². The Hall–Kier alpha value is -1.91. The predicted octanol–water partition coefficient (Wildman–Crippen LogP) is 1.19. The summed E-state index contributed by atoms with van der Waals surface area (Å²) in [5.41, 5.74) is -0.245. The average Bonchev–Trinajstić information content (AvgIpc) is 2.45. The van der Waals surface area contributed by atoms with E-state index in [1.807, 2.05) is 26.8 Å². The van der Waals surface area contributed by atoms with Gasteiger partial charge in [-0.1, -0.05) is 12.1 Å². The fourth-order valence-corrected chi connectivity index (χ4v) is 4.01. The van der Waals surface area contributed by atoms with Gasteiger partial charge < -0.3 is 4.90 Å². The van der Waals surface area contributed by atoms with Crippen molar-refractivity contribution in [3.8, 4) is 6.07 Å². The van der Waals surface area contributed by atoms with E-state index in [1.54, 1.807) is 17.0 Å². The number of nitriles is 1. The highest BCUT2D eigenvalue weighted by Crippen LogP contribution is 2.23. The van der Waals surface area contributed by atoms with E-state index in [4.69, 9.17) is 5.26 Å². The van der Waals surface area contributed by atoms with E-state index in [-0.39, 0.29) is 35.0 Å². The lowest BCUT2D eigenvalue weighted by molar-refractivity contribution is -0.139. The Morgan fingerprint density at radius 2 is 1.82 bits per heavy atom. The maximum absolute atomic E-state index is 12.7. The minimum Gasteiger partial charge on any atom is -0.335 e. The van der Waals surface area contributed by atoms with Crippen LogP contribution in [0.15, 0.2) is 29.2 Å². The maximum Gasteiger partial charge on any atom is 0.244 e. The van der Waals surface area contributed by atoms with Crippen molar-refractivity contribution < 1.29 is 13.2 Å². The van der Waals surface area contributed by atoms with Crippen molar-refractivity contribution in [3.05, 3.63) is 29.8 Å². The number of rotatable bonds is 2. The van der Waals surface area contributed by atoms with Gasteiger partial charge in [0, 0.05) is 18.6 Å². The normalized spacial score (nSPS) is 17.4. The lowest BCUT2D eigenvalue weighted by Crippen LogP contribution is -2.57. The van der Waals surface area contributed by atoms with E-state index >= 15 is 0 Å². The van der Waals surface area contributed by atoms with E-state index in [0.29, 0.717) is 6.54 Å². The third-order valence-corrected chi connectivity index (χ3v) is 5.52. The van der Waals surface area contributed by atoms with Crippen LogP contribution in [0.1, 0.15) is 26.3 Å². The number of hydrogen-bond donors (Lipinski definition) is 0. The summed E-state index contributed by atoms with van der Waals surface area (Å²) in [6.07, 6.45) is 0. The Morgan fingerprint density at radius 3 is 2.36 bits per heavy atom. The molecular weight excluding hydrogens is 302 g/mol. The molecule has 0 unspecified atom stereocenters. The van der Waals surface area contributed by atoms with Gasteiger partial charge >= 0.3 is 0 Å². The second-order valence-corrected chi connectivity index (χ2v) is 8.07. The second kappa shape index (κ2) is 5.71. The molecule has 1 amide bonds. The topological polar surface area (TPSA) is 81.5 Å². The molecule has 1 aromatic rings. The van der Waals surface area contributed by atoms with Gasteiger partial charge in [-0.05, 0) is 32.9 Å². The molecule has 118 valence electrons. The highest BCUT2D eigenvalue weighted by molar-refractivity contribution is 7.89. The zero-order valence-corrected chi connectivity index (χ0v) is 13.7. The molecule has 7 heteroatoms.